The second-order valence-electron chi connectivity index (χ2n) is 7.91. The standard InChI is InChI=1S/C22H27N3S/c1-14-6-8-20-17(11-14)18-13-24(4)10-9-21(18)25(20)22(26)23-19-12-15(2)5-7-16(19)3/h5-8,11-12,18,21H,9-10,13H2,1-4H3,(H,23,26). The summed E-state index contributed by atoms with van der Waals surface area (Å²) < 4.78 is 0. The fourth-order valence-corrected chi connectivity index (χ4v) is 4.74. The van der Waals surface area contributed by atoms with Crippen molar-refractivity contribution in [2.24, 2.45) is 0 Å². The highest BCUT2D eigenvalue weighted by atomic mass is 32.1. The number of benzene rings is 2. The molecule has 4 heteroatoms. The molecule has 2 heterocycles. The Labute approximate surface area is 162 Å². The van der Waals surface area contributed by atoms with E-state index in [1.54, 1.807) is 0 Å². The van der Waals surface area contributed by atoms with Crippen molar-refractivity contribution in [3.8, 4) is 0 Å². The SMILES string of the molecule is Cc1ccc(C)c(NC(=S)N2c3ccc(C)cc3C3CN(C)CCC32)c1. The van der Waals surface area contributed by atoms with Gasteiger partial charge in [-0.15, -0.1) is 0 Å². The molecule has 1 saturated heterocycles. The van der Waals surface area contributed by atoms with Crippen molar-refractivity contribution in [3.63, 3.8) is 0 Å². The molecule has 0 amide bonds. The largest absolute Gasteiger partial charge is 0.332 e. The maximum atomic E-state index is 5.91. The lowest BCUT2D eigenvalue weighted by Gasteiger charge is -2.37. The maximum absolute atomic E-state index is 5.91. The van der Waals surface area contributed by atoms with E-state index in [0.717, 1.165) is 30.3 Å². The maximum Gasteiger partial charge on any atom is 0.178 e. The number of hydrogen-bond acceptors (Lipinski definition) is 2. The zero-order chi connectivity index (χ0) is 18.4. The predicted molar refractivity (Wildman–Crippen MR) is 114 cm³/mol. The molecule has 26 heavy (non-hydrogen) atoms. The molecule has 0 aromatic heterocycles. The van der Waals surface area contributed by atoms with Crippen molar-refractivity contribution in [1.82, 2.24) is 4.90 Å². The summed E-state index contributed by atoms with van der Waals surface area (Å²) in [6.07, 6.45) is 1.14. The zero-order valence-electron chi connectivity index (χ0n) is 16.0. The molecule has 1 N–H and O–H groups in total. The summed E-state index contributed by atoms with van der Waals surface area (Å²) >= 11 is 5.91. The molecule has 2 aliphatic rings. The number of aryl methyl sites for hydroxylation is 3. The van der Waals surface area contributed by atoms with Gasteiger partial charge in [0.1, 0.15) is 0 Å². The van der Waals surface area contributed by atoms with Crippen LogP contribution in [-0.2, 0) is 0 Å². The number of fused-ring (bicyclic) bond motifs is 3. The molecule has 2 unspecified atom stereocenters. The van der Waals surface area contributed by atoms with Crippen LogP contribution in [0.1, 0.15) is 34.6 Å². The van der Waals surface area contributed by atoms with Crippen LogP contribution in [0.5, 0.6) is 0 Å². The molecular formula is C22H27N3S. The van der Waals surface area contributed by atoms with E-state index < -0.39 is 0 Å². The van der Waals surface area contributed by atoms with Gasteiger partial charge in [-0.2, -0.15) is 0 Å². The normalized spacial score (nSPS) is 22.1. The van der Waals surface area contributed by atoms with Crippen molar-refractivity contribution in [2.75, 3.05) is 30.4 Å². The minimum absolute atomic E-state index is 0.452. The fraction of sp³-hybridized carbons (Fsp3) is 0.409. The number of thiocarbonyl (C=S) groups is 1. The van der Waals surface area contributed by atoms with Gasteiger partial charge in [0.25, 0.3) is 0 Å². The van der Waals surface area contributed by atoms with Crippen molar-refractivity contribution in [3.05, 3.63) is 58.7 Å². The van der Waals surface area contributed by atoms with Crippen LogP contribution in [0.3, 0.4) is 0 Å². The first-order chi connectivity index (χ1) is 12.4. The van der Waals surface area contributed by atoms with Crippen molar-refractivity contribution < 1.29 is 0 Å². The third-order valence-corrected chi connectivity index (χ3v) is 6.11. The Bertz CT molecular complexity index is 860. The van der Waals surface area contributed by atoms with E-state index in [-0.39, 0.29) is 0 Å². The van der Waals surface area contributed by atoms with E-state index >= 15 is 0 Å². The smallest absolute Gasteiger partial charge is 0.178 e. The third-order valence-electron chi connectivity index (χ3n) is 5.81. The topological polar surface area (TPSA) is 18.5 Å². The molecule has 0 spiro atoms. The van der Waals surface area contributed by atoms with Gasteiger partial charge in [0, 0.05) is 29.9 Å². The highest BCUT2D eigenvalue weighted by molar-refractivity contribution is 7.80. The van der Waals surface area contributed by atoms with Gasteiger partial charge in [0.2, 0.25) is 0 Å². The molecule has 0 aliphatic carbocycles. The van der Waals surface area contributed by atoms with Crippen molar-refractivity contribution >= 4 is 28.7 Å². The van der Waals surface area contributed by atoms with Crippen LogP contribution in [0, 0.1) is 20.8 Å². The van der Waals surface area contributed by atoms with Crippen LogP contribution in [0.4, 0.5) is 11.4 Å². The van der Waals surface area contributed by atoms with E-state index in [1.807, 2.05) is 0 Å². The first-order valence-electron chi connectivity index (χ1n) is 9.40. The summed E-state index contributed by atoms with van der Waals surface area (Å²) in [6.45, 7) is 8.65. The Balaban J connectivity index is 1.69. The summed E-state index contributed by atoms with van der Waals surface area (Å²) in [7, 11) is 2.22. The molecular weight excluding hydrogens is 338 g/mol. The second-order valence-corrected chi connectivity index (χ2v) is 8.29. The van der Waals surface area contributed by atoms with Crippen LogP contribution in [-0.4, -0.2) is 36.2 Å². The first-order valence-corrected chi connectivity index (χ1v) is 9.81. The van der Waals surface area contributed by atoms with Crippen molar-refractivity contribution in [1.29, 1.82) is 0 Å². The second kappa shape index (κ2) is 6.67. The lowest BCUT2D eigenvalue weighted by molar-refractivity contribution is 0.237. The molecule has 136 valence electrons. The van der Waals surface area contributed by atoms with E-state index in [1.165, 1.54) is 27.9 Å². The Morgan fingerprint density at radius 2 is 1.81 bits per heavy atom. The quantitative estimate of drug-likeness (QED) is 0.743. The van der Waals surface area contributed by atoms with Crippen LogP contribution in [0.25, 0.3) is 0 Å². The number of hydrogen-bond donors (Lipinski definition) is 1. The van der Waals surface area contributed by atoms with Gasteiger partial charge in [-0.3, -0.25) is 0 Å². The van der Waals surface area contributed by atoms with Gasteiger partial charge >= 0.3 is 0 Å². The van der Waals surface area contributed by atoms with Crippen LogP contribution in [0.15, 0.2) is 36.4 Å². The monoisotopic (exact) mass is 365 g/mol. The summed E-state index contributed by atoms with van der Waals surface area (Å²) in [6, 6.07) is 13.7. The Morgan fingerprint density at radius 1 is 1.08 bits per heavy atom. The minimum Gasteiger partial charge on any atom is -0.332 e. The molecule has 0 saturated carbocycles. The molecule has 3 nitrogen and oxygen atoms in total. The molecule has 2 atom stereocenters. The lowest BCUT2D eigenvalue weighted by Crippen LogP contribution is -2.48. The molecule has 2 aliphatic heterocycles. The van der Waals surface area contributed by atoms with E-state index in [2.05, 4.69) is 79.3 Å². The summed E-state index contributed by atoms with van der Waals surface area (Å²) in [5, 5.41) is 4.36. The number of piperidine rings is 1. The van der Waals surface area contributed by atoms with E-state index in [0.29, 0.717) is 12.0 Å². The molecule has 1 fully saturated rings. The molecule has 0 bridgehead atoms. The highest BCUT2D eigenvalue weighted by Gasteiger charge is 2.42. The molecule has 2 aromatic carbocycles. The summed E-state index contributed by atoms with van der Waals surface area (Å²) in [5.74, 6) is 0.530. The number of nitrogens with zero attached hydrogens (tertiary/aromatic N) is 2. The number of likely N-dealkylation sites (N-methyl/N-ethyl adjacent to an activating group) is 1. The minimum atomic E-state index is 0.452. The third kappa shape index (κ3) is 3.01. The van der Waals surface area contributed by atoms with Crippen LogP contribution < -0.4 is 10.2 Å². The van der Waals surface area contributed by atoms with E-state index in [9.17, 15) is 0 Å². The first kappa shape index (κ1) is 17.5. The van der Waals surface area contributed by atoms with Gasteiger partial charge in [0.05, 0.1) is 0 Å². The molecule has 2 aromatic rings. The molecule has 4 rings (SSSR count). The molecule has 0 radical (unpaired) electrons. The van der Waals surface area contributed by atoms with Gasteiger partial charge in [-0.25, -0.2) is 0 Å². The number of rotatable bonds is 1. The van der Waals surface area contributed by atoms with Gasteiger partial charge in [0.15, 0.2) is 5.11 Å². The Hall–Kier alpha value is -1.91. The predicted octanol–water partition coefficient (Wildman–Crippen LogP) is 4.62. The van der Waals surface area contributed by atoms with Gasteiger partial charge in [-0.1, -0.05) is 29.8 Å². The van der Waals surface area contributed by atoms with Gasteiger partial charge < -0.3 is 15.1 Å². The van der Waals surface area contributed by atoms with Crippen molar-refractivity contribution in [2.45, 2.75) is 39.2 Å². The fourth-order valence-electron chi connectivity index (χ4n) is 4.39. The van der Waals surface area contributed by atoms with Gasteiger partial charge in [-0.05, 0) is 81.8 Å². The van der Waals surface area contributed by atoms with E-state index in [4.69, 9.17) is 12.2 Å². The Kier molecular flexibility index (Phi) is 4.49. The van der Waals surface area contributed by atoms with Crippen LogP contribution in [0.2, 0.25) is 0 Å². The average Bonchev–Trinajstić information content (AvgIpc) is 2.91. The summed E-state index contributed by atoms with van der Waals surface area (Å²) in [4.78, 5) is 4.82. The Morgan fingerprint density at radius 3 is 2.62 bits per heavy atom. The summed E-state index contributed by atoms with van der Waals surface area (Å²) in [5.41, 5.74) is 7.64. The number of nitrogens with one attached hydrogen (secondary N) is 1. The number of anilines is 2. The zero-order valence-corrected chi connectivity index (χ0v) is 16.9. The highest BCUT2D eigenvalue weighted by Crippen LogP contribution is 2.45. The average molecular weight is 366 g/mol. The number of likely N-dealkylation sites (tertiary alicyclic amines) is 1. The lowest BCUT2D eigenvalue weighted by atomic mass is 9.89. The van der Waals surface area contributed by atoms with Crippen LogP contribution >= 0.6 is 12.2 Å².